The molecule has 4 aromatic carbocycles. The molecular formula is C28H20S2. The lowest BCUT2D eigenvalue weighted by atomic mass is 10.0. The van der Waals surface area contributed by atoms with Crippen LogP contribution in [0.15, 0.2) is 84.9 Å². The quantitative estimate of drug-likeness (QED) is 0.262. The molecule has 0 aliphatic carbocycles. The van der Waals surface area contributed by atoms with Gasteiger partial charge >= 0.3 is 0 Å². The molecule has 0 aliphatic rings. The van der Waals surface area contributed by atoms with E-state index in [1.165, 1.54) is 63.0 Å². The Hall–Kier alpha value is -2.94. The summed E-state index contributed by atoms with van der Waals surface area (Å²) in [5.41, 5.74) is 5.23. The van der Waals surface area contributed by atoms with Crippen molar-refractivity contribution in [3.05, 3.63) is 96.1 Å². The van der Waals surface area contributed by atoms with Crippen molar-refractivity contribution >= 4 is 53.6 Å². The zero-order valence-corrected chi connectivity index (χ0v) is 18.5. The molecule has 2 heterocycles. The third kappa shape index (κ3) is 3.04. The van der Waals surface area contributed by atoms with Crippen molar-refractivity contribution in [1.29, 1.82) is 0 Å². The maximum absolute atomic E-state index is 2.36. The minimum absolute atomic E-state index is 1.31. The Labute approximate surface area is 184 Å². The Morgan fingerprint density at radius 3 is 1.37 bits per heavy atom. The minimum atomic E-state index is 1.31. The highest BCUT2D eigenvalue weighted by atomic mass is 32.1. The van der Waals surface area contributed by atoms with Crippen molar-refractivity contribution in [2.24, 2.45) is 0 Å². The number of hydrogen-bond donors (Lipinski definition) is 0. The van der Waals surface area contributed by atoms with Crippen molar-refractivity contribution in [3.63, 3.8) is 0 Å². The summed E-state index contributed by atoms with van der Waals surface area (Å²) < 4.78 is 2.71. The van der Waals surface area contributed by atoms with Crippen LogP contribution in [0.2, 0.25) is 0 Å². The van der Waals surface area contributed by atoms with E-state index in [1.807, 2.05) is 22.7 Å². The highest BCUT2D eigenvalue weighted by molar-refractivity contribution is 7.22. The van der Waals surface area contributed by atoms with Crippen LogP contribution in [0.5, 0.6) is 0 Å². The smallest absolute Gasteiger partial charge is 0.0355 e. The lowest BCUT2D eigenvalue weighted by molar-refractivity contribution is 1.48. The molecule has 0 atom stereocenters. The maximum Gasteiger partial charge on any atom is 0.0355 e. The van der Waals surface area contributed by atoms with Gasteiger partial charge in [-0.3, -0.25) is 0 Å². The standard InChI is InChI=1S/C28H20S2/c1-17-5-3-7-19(9-17)25-15-23-11-21-14-28-24(12-22(21)13-27(23)29-25)16-26(30-28)20-8-4-6-18(2)10-20/h3-16H,1-2H3. The van der Waals surface area contributed by atoms with Gasteiger partial charge in [-0.25, -0.2) is 0 Å². The van der Waals surface area contributed by atoms with E-state index in [0.29, 0.717) is 0 Å². The zero-order chi connectivity index (χ0) is 20.2. The fraction of sp³-hybridized carbons (Fsp3) is 0.0714. The molecule has 30 heavy (non-hydrogen) atoms. The average Bonchev–Trinajstić information content (AvgIpc) is 3.33. The molecule has 0 amide bonds. The summed E-state index contributed by atoms with van der Waals surface area (Å²) in [6.45, 7) is 4.31. The van der Waals surface area contributed by atoms with E-state index in [-0.39, 0.29) is 0 Å². The fourth-order valence-corrected chi connectivity index (χ4v) is 6.38. The number of aryl methyl sites for hydroxylation is 2. The molecule has 6 rings (SSSR count). The second kappa shape index (κ2) is 6.80. The SMILES string of the molecule is Cc1cccc(-c2cc3cc4cc5sc(-c6cccc(C)c6)cc5cc4cc3s2)c1. The maximum atomic E-state index is 2.36. The number of hydrogen-bond acceptors (Lipinski definition) is 2. The van der Waals surface area contributed by atoms with Gasteiger partial charge in [-0.1, -0.05) is 59.7 Å². The van der Waals surface area contributed by atoms with Gasteiger partial charge in [0.1, 0.15) is 0 Å². The Balaban J connectivity index is 1.49. The number of benzene rings is 4. The van der Waals surface area contributed by atoms with Gasteiger partial charge in [0.15, 0.2) is 0 Å². The van der Waals surface area contributed by atoms with E-state index < -0.39 is 0 Å². The number of fused-ring (bicyclic) bond motifs is 3. The van der Waals surface area contributed by atoms with Gasteiger partial charge in [-0.2, -0.15) is 0 Å². The van der Waals surface area contributed by atoms with E-state index in [0.717, 1.165) is 0 Å². The molecule has 0 saturated heterocycles. The molecule has 0 aliphatic heterocycles. The molecule has 0 nitrogen and oxygen atoms in total. The van der Waals surface area contributed by atoms with E-state index in [4.69, 9.17) is 0 Å². The lowest BCUT2D eigenvalue weighted by Gasteiger charge is -1.99. The van der Waals surface area contributed by atoms with Crippen LogP contribution < -0.4 is 0 Å². The first-order chi connectivity index (χ1) is 14.6. The summed E-state index contributed by atoms with van der Waals surface area (Å²) in [4.78, 5) is 2.68. The number of thiophene rings is 2. The molecule has 6 aromatic rings. The minimum Gasteiger partial charge on any atom is -0.135 e. The summed E-state index contributed by atoms with van der Waals surface area (Å²) in [5, 5.41) is 5.31. The summed E-state index contributed by atoms with van der Waals surface area (Å²) in [6, 6.07) is 31.7. The van der Waals surface area contributed by atoms with Gasteiger partial charge in [0.2, 0.25) is 0 Å². The van der Waals surface area contributed by atoms with E-state index in [2.05, 4.69) is 98.8 Å². The summed E-state index contributed by atoms with van der Waals surface area (Å²) in [5.74, 6) is 0. The van der Waals surface area contributed by atoms with Crippen molar-refractivity contribution in [1.82, 2.24) is 0 Å². The topological polar surface area (TPSA) is 0 Å². The molecule has 2 heteroatoms. The predicted molar refractivity (Wildman–Crippen MR) is 135 cm³/mol. The van der Waals surface area contributed by atoms with Crippen LogP contribution in [0.4, 0.5) is 0 Å². The van der Waals surface area contributed by atoms with E-state index in [1.54, 1.807) is 0 Å². The molecule has 0 radical (unpaired) electrons. The summed E-state index contributed by atoms with van der Waals surface area (Å²) in [6.07, 6.45) is 0. The fourth-order valence-electron chi connectivity index (χ4n) is 4.20. The molecule has 0 fully saturated rings. The van der Waals surface area contributed by atoms with Crippen LogP contribution in [-0.2, 0) is 0 Å². The third-order valence-electron chi connectivity index (χ3n) is 5.72. The van der Waals surface area contributed by atoms with Gasteiger partial charge < -0.3 is 0 Å². The Kier molecular flexibility index (Phi) is 4.05. The van der Waals surface area contributed by atoms with Crippen LogP contribution in [0.25, 0.3) is 51.8 Å². The van der Waals surface area contributed by atoms with Crippen molar-refractivity contribution < 1.29 is 0 Å². The van der Waals surface area contributed by atoms with Crippen molar-refractivity contribution in [2.75, 3.05) is 0 Å². The van der Waals surface area contributed by atoms with Gasteiger partial charge in [0.05, 0.1) is 0 Å². The van der Waals surface area contributed by atoms with Gasteiger partial charge in [0, 0.05) is 19.2 Å². The molecule has 0 spiro atoms. The average molecular weight is 421 g/mol. The van der Waals surface area contributed by atoms with Crippen molar-refractivity contribution in [3.8, 4) is 20.9 Å². The van der Waals surface area contributed by atoms with Crippen LogP contribution >= 0.6 is 22.7 Å². The molecule has 0 saturated carbocycles. The lowest BCUT2D eigenvalue weighted by Crippen LogP contribution is -1.74. The second-order valence-electron chi connectivity index (χ2n) is 8.09. The van der Waals surface area contributed by atoms with E-state index in [9.17, 15) is 0 Å². The van der Waals surface area contributed by atoms with Crippen LogP contribution in [0, 0.1) is 13.8 Å². The first-order valence-corrected chi connectivity index (χ1v) is 11.8. The highest BCUT2D eigenvalue weighted by Gasteiger charge is 2.10. The monoisotopic (exact) mass is 420 g/mol. The molecule has 0 N–H and O–H groups in total. The van der Waals surface area contributed by atoms with Crippen LogP contribution in [0.3, 0.4) is 0 Å². The highest BCUT2D eigenvalue weighted by Crippen LogP contribution is 2.39. The predicted octanol–water partition coefficient (Wildman–Crippen LogP) is 9.22. The van der Waals surface area contributed by atoms with Gasteiger partial charge in [-0.15, -0.1) is 22.7 Å². The first kappa shape index (κ1) is 17.9. The Morgan fingerprint density at radius 2 is 0.933 bits per heavy atom. The number of rotatable bonds is 2. The summed E-state index contributed by atoms with van der Waals surface area (Å²) >= 11 is 3.77. The normalized spacial score (nSPS) is 11.7. The Bertz CT molecular complexity index is 1380. The Morgan fingerprint density at radius 1 is 0.467 bits per heavy atom. The van der Waals surface area contributed by atoms with E-state index >= 15 is 0 Å². The third-order valence-corrected chi connectivity index (χ3v) is 8.01. The molecule has 0 bridgehead atoms. The van der Waals surface area contributed by atoms with Crippen LogP contribution in [-0.4, -0.2) is 0 Å². The molecular weight excluding hydrogens is 400 g/mol. The molecule has 2 aromatic heterocycles. The first-order valence-electron chi connectivity index (χ1n) is 10.2. The molecule has 144 valence electrons. The van der Waals surface area contributed by atoms with Gasteiger partial charge in [-0.05, 0) is 82.9 Å². The second-order valence-corrected chi connectivity index (χ2v) is 10.3. The van der Waals surface area contributed by atoms with Crippen molar-refractivity contribution in [2.45, 2.75) is 13.8 Å². The summed E-state index contributed by atoms with van der Waals surface area (Å²) in [7, 11) is 0. The zero-order valence-electron chi connectivity index (χ0n) is 16.9. The van der Waals surface area contributed by atoms with Gasteiger partial charge in [0.25, 0.3) is 0 Å². The van der Waals surface area contributed by atoms with Crippen LogP contribution in [0.1, 0.15) is 11.1 Å². The molecule has 0 unspecified atom stereocenters. The largest absolute Gasteiger partial charge is 0.135 e.